The van der Waals surface area contributed by atoms with Crippen LogP contribution in [0.25, 0.3) is 5.52 Å². The number of nitrogen functional groups attached to an aromatic ring is 1. The first-order chi connectivity index (χ1) is 10.2. The Morgan fingerprint density at radius 2 is 1.95 bits per heavy atom. The maximum absolute atomic E-state index is 12.2. The van der Waals surface area contributed by atoms with Gasteiger partial charge in [-0.25, -0.2) is 10.4 Å². The molecule has 2 aromatic heterocycles. The normalized spacial score (nSPS) is 10.7. The monoisotopic (exact) mass is 283 g/mol. The quantitative estimate of drug-likeness (QED) is 0.406. The Balaban J connectivity index is 1.90. The predicted molar refractivity (Wildman–Crippen MR) is 76.6 cm³/mol. The lowest BCUT2D eigenvalue weighted by Gasteiger charge is -2.07. The molecule has 7 nitrogen and oxygen atoms in total. The summed E-state index contributed by atoms with van der Waals surface area (Å²) < 4.78 is 3.13. The van der Waals surface area contributed by atoms with Crippen LogP contribution in [0.1, 0.15) is 15.9 Å². The van der Waals surface area contributed by atoms with Gasteiger partial charge in [0, 0.05) is 18.0 Å². The molecule has 7 heteroatoms. The first-order valence-electron chi connectivity index (χ1n) is 6.32. The van der Waals surface area contributed by atoms with E-state index in [2.05, 4.69) is 10.5 Å². The third kappa shape index (κ3) is 2.41. The number of hydrazine groups is 1. The van der Waals surface area contributed by atoms with E-state index in [1.165, 1.54) is 4.52 Å². The molecule has 3 rings (SSSR count). The minimum Gasteiger partial charge on any atom is -0.308 e. The van der Waals surface area contributed by atoms with Gasteiger partial charge in [0.1, 0.15) is 5.52 Å². The molecule has 0 radical (unpaired) electrons. The number of carbonyl (C=O) groups excluding carboxylic acids is 1. The zero-order valence-corrected chi connectivity index (χ0v) is 11.1. The van der Waals surface area contributed by atoms with Gasteiger partial charge in [-0.15, -0.1) is 0 Å². The highest BCUT2D eigenvalue weighted by Gasteiger charge is 2.06. The topological polar surface area (TPSA) is 94.4 Å². The summed E-state index contributed by atoms with van der Waals surface area (Å²) in [5.74, 6) is 4.73. The molecule has 0 aliphatic heterocycles. The fraction of sp³-hybridized carbons (Fsp3) is 0.0714. The van der Waals surface area contributed by atoms with Crippen molar-refractivity contribution in [3.63, 3.8) is 0 Å². The number of rotatable bonds is 3. The molecule has 0 saturated heterocycles. The summed E-state index contributed by atoms with van der Waals surface area (Å²) in [4.78, 5) is 23.6. The SMILES string of the molecule is NNC(=O)c1ccc(Cn2ccn3nccc3c2=O)cc1. The van der Waals surface area contributed by atoms with Crippen molar-refractivity contribution in [2.24, 2.45) is 5.84 Å². The van der Waals surface area contributed by atoms with Crippen LogP contribution in [0.3, 0.4) is 0 Å². The summed E-state index contributed by atoms with van der Waals surface area (Å²) >= 11 is 0. The first-order valence-corrected chi connectivity index (χ1v) is 6.32. The number of nitrogens with zero attached hydrogens (tertiary/aromatic N) is 3. The van der Waals surface area contributed by atoms with Gasteiger partial charge in [-0.1, -0.05) is 12.1 Å². The standard InChI is InChI=1S/C14H13N5O2/c15-17-13(20)11-3-1-10(2-4-11)9-18-7-8-19-12(14(18)21)5-6-16-19/h1-8H,9,15H2,(H,17,20). The van der Waals surface area contributed by atoms with Crippen molar-refractivity contribution in [2.45, 2.75) is 6.54 Å². The summed E-state index contributed by atoms with van der Waals surface area (Å²) in [6.45, 7) is 0.422. The second kappa shape index (κ2) is 5.22. The van der Waals surface area contributed by atoms with Gasteiger partial charge in [-0.2, -0.15) is 5.10 Å². The molecule has 0 saturated carbocycles. The van der Waals surface area contributed by atoms with Gasteiger partial charge < -0.3 is 4.57 Å². The minimum absolute atomic E-state index is 0.112. The van der Waals surface area contributed by atoms with E-state index in [9.17, 15) is 9.59 Å². The van der Waals surface area contributed by atoms with Crippen molar-refractivity contribution in [3.05, 3.63) is 70.4 Å². The van der Waals surface area contributed by atoms with Crippen molar-refractivity contribution >= 4 is 11.4 Å². The van der Waals surface area contributed by atoms with Gasteiger partial charge in [0.25, 0.3) is 11.5 Å². The summed E-state index contributed by atoms with van der Waals surface area (Å²) in [6.07, 6.45) is 5.00. The van der Waals surface area contributed by atoms with Gasteiger partial charge in [0.05, 0.1) is 12.7 Å². The molecule has 0 unspecified atom stereocenters. The number of nitrogens with one attached hydrogen (secondary N) is 1. The van der Waals surface area contributed by atoms with Crippen LogP contribution in [-0.2, 0) is 6.54 Å². The fourth-order valence-corrected chi connectivity index (χ4v) is 2.13. The van der Waals surface area contributed by atoms with Crippen LogP contribution in [0.15, 0.2) is 53.7 Å². The molecule has 0 spiro atoms. The van der Waals surface area contributed by atoms with E-state index in [0.29, 0.717) is 17.6 Å². The molecule has 0 fully saturated rings. The number of carbonyl (C=O) groups is 1. The van der Waals surface area contributed by atoms with E-state index in [1.807, 2.05) is 0 Å². The highest BCUT2D eigenvalue weighted by atomic mass is 16.2. The highest BCUT2D eigenvalue weighted by Crippen LogP contribution is 2.06. The predicted octanol–water partition coefficient (Wildman–Crippen LogP) is 0.148. The average Bonchev–Trinajstić information content (AvgIpc) is 2.99. The molecule has 1 amide bonds. The van der Waals surface area contributed by atoms with Crippen molar-refractivity contribution in [2.75, 3.05) is 0 Å². The van der Waals surface area contributed by atoms with Crippen LogP contribution in [0.4, 0.5) is 0 Å². The van der Waals surface area contributed by atoms with Gasteiger partial charge in [0.2, 0.25) is 0 Å². The third-order valence-corrected chi connectivity index (χ3v) is 3.24. The highest BCUT2D eigenvalue weighted by molar-refractivity contribution is 5.93. The minimum atomic E-state index is -0.348. The van der Waals surface area contributed by atoms with Gasteiger partial charge in [-0.05, 0) is 23.8 Å². The van der Waals surface area contributed by atoms with Crippen LogP contribution in [0.5, 0.6) is 0 Å². The number of fused-ring (bicyclic) bond motifs is 1. The van der Waals surface area contributed by atoms with E-state index in [0.717, 1.165) is 5.56 Å². The molecule has 0 atom stereocenters. The van der Waals surface area contributed by atoms with Crippen LogP contribution < -0.4 is 16.8 Å². The summed E-state index contributed by atoms with van der Waals surface area (Å²) in [5.41, 5.74) is 3.87. The van der Waals surface area contributed by atoms with Crippen LogP contribution in [0, 0.1) is 0 Å². The summed E-state index contributed by atoms with van der Waals surface area (Å²) in [6, 6.07) is 8.59. The van der Waals surface area contributed by atoms with Crippen molar-refractivity contribution in [3.8, 4) is 0 Å². The molecule has 3 N–H and O–H groups in total. The third-order valence-electron chi connectivity index (χ3n) is 3.24. The fourth-order valence-electron chi connectivity index (χ4n) is 2.13. The maximum Gasteiger partial charge on any atom is 0.276 e. The van der Waals surface area contributed by atoms with Crippen molar-refractivity contribution in [1.82, 2.24) is 19.6 Å². The number of aromatic nitrogens is 3. The average molecular weight is 283 g/mol. The summed E-state index contributed by atoms with van der Waals surface area (Å²) in [7, 11) is 0. The number of hydrogen-bond acceptors (Lipinski definition) is 4. The van der Waals surface area contributed by atoms with Crippen LogP contribution in [0.2, 0.25) is 0 Å². The molecular weight excluding hydrogens is 270 g/mol. The Hall–Kier alpha value is -2.93. The number of benzene rings is 1. The smallest absolute Gasteiger partial charge is 0.276 e. The Labute approximate surface area is 119 Å². The van der Waals surface area contributed by atoms with Gasteiger partial charge in [-0.3, -0.25) is 15.0 Å². The molecule has 0 aliphatic rings. The van der Waals surface area contributed by atoms with Crippen molar-refractivity contribution < 1.29 is 4.79 Å². The van der Waals surface area contributed by atoms with Crippen LogP contribution in [-0.4, -0.2) is 20.1 Å². The Bertz CT molecular complexity index is 848. The zero-order valence-electron chi connectivity index (χ0n) is 11.1. The molecule has 2 heterocycles. The van der Waals surface area contributed by atoms with E-state index in [1.54, 1.807) is 53.5 Å². The van der Waals surface area contributed by atoms with Crippen molar-refractivity contribution in [1.29, 1.82) is 0 Å². The molecule has 21 heavy (non-hydrogen) atoms. The number of hydrogen-bond donors (Lipinski definition) is 2. The van der Waals surface area contributed by atoms with E-state index in [4.69, 9.17) is 5.84 Å². The summed E-state index contributed by atoms with van der Waals surface area (Å²) in [5, 5.41) is 4.02. The molecule has 0 bridgehead atoms. The Morgan fingerprint density at radius 3 is 2.67 bits per heavy atom. The maximum atomic E-state index is 12.2. The van der Waals surface area contributed by atoms with E-state index >= 15 is 0 Å². The zero-order chi connectivity index (χ0) is 14.8. The van der Waals surface area contributed by atoms with Gasteiger partial charge in [0.15, 0.2) is 0 Å². The molecule has 3 aromatic rings. The molecule has 106 valence electrons. The molecule has 0 aliphatic carbocycles. The van der Waals surface area contributed by atoms with E-state index < -0.39 is 0 Å². The number of amides is 1. The Kier molecular flexibility index (Phi) is 3.25. The van der Waals surface area contributed by atoms with Gasteiger partial charge >= 0.3 is 0 Å². The lowest BCUT2D eigenvalue weighted by atomic mass is 10.1. The largest absolute Gasteiger partial charge is 0.308 e. The Morgan fingerprint density at radius 1 is 1.19 bits per heavy atom. The lowest BCUT2D eigenvalue weighted by molar-refractivity contribution is 0.0953. The first kappa shape index (κ1) is 13.1. The molecule has 1 aromatic carbocycles. The second-order valence-electron chi connectivity index (χ2n) is 4.56. The lowest BCUT2D eigenvalue weighted by Crippen LogP contribution is -2.29. The second-order valence-corrected chi connectivity index (χ2v) is 4.56. The molecular formula is C14H13N5O2. The van der Waals surface area contributed by atoms with E-state index in [-0.39, 0.29) is 11.5 Å². The van der Waals surface area contributed by atoms with Crippen LogP contribution >= 0.6 is 0 Å². The number of nitrogens with two attached hydrogens (primary N) is 1.